The van der Waals surface area contributed by atoms with E-state index in [1.54, 1.807) is 7.11 Å². The van der Waals surface area contributed by atoms with Crippen molar-refractivity contribution in [2.45, 2.75) is 44.9 Å². The van der Waals surface area contributed by atoms with Crippen molar-refractivity contribution < 1.29 is 4.74 Å². The second kappa shape index (κ2) is 9.07. The molecule has 0 bridgehead atoms. The summed E-state index contributed by atoms with van der Waals surface area (Å²) in [5.41, 5.74) is 0.424. The Kier molecular flexibility index (Phi) is 8.17. The maximum absolute atomic E-state index is 5.28. The Morgan fingerprint density at radius 1 is 1.25 bits per heavy atom. The molecule has 20 heavy (non-hydrogen) atoms. The Hall–Kier alpha value is -0.0400. The van der Waals surface area contributed by atoms with Gasteiger partial charge in [0.1, 0.15) is 0 Å². The number of rotatable bonds is 7. The molecule has 0 unspecified atom stereocenters. The first kappa shape index (κ1) is 18.0. The predicted octanol–water partition coefficient (Wildman–Crippen LogP) is 2.78. The number of hydrogen-bond acceptors (Lipinski definition) is 2. The van der Waals surface area contributed by atoms with Crippen LogP contribution in [0.15, 0.2) is 4.99 Å². The lowest BCUT2D eigenvalue weighted by molar-refractivity contribution is 0.138. The van der Waals surface area contributed by atoms with E-state index >= 15 is 0 Å². The Morgan fingerprint density at radius 3 is 2.50 bits per heavy atom. The van der Waals surface area contributed by atoms with Gasteiger partial charge in [0.15, 0.2) is 5.96 Å². The number of nitrogens with one attached hydrogen (secondary N) is 2. The van der Waals surface area contributed by atoms with Gasteiger partial charge >= 0.3 is 0 Å². The maximum atomic E-state index is 5.28. The molecule has 2 N–H and O–H groups in total. The quantitative estimate of drug-likeness (QED) is 0.396. The van der Waals surface area contributed by atoms with Gasteiger partial charge in [-0.25, -0.2) is 0 Å². The smallest absolute Gasteiger partial charge is 0.191 e. The highest BCUT2D eigenvalue weighted by molar-refractivity contribution is 14.0. The topological polar surface area (TPSA) is 45.7 Å². The molecule has 0 aromatic carbocycles. The number of ether oxygens (including phenoxy) is 1. The van der Waals surface area contributed by atoms with Crippen LogP contribution in [0, 0.1) is 11.3 Å². The molecule has 4 nitrogen and oxygen atoms in total. The molecule has 2 rings (SSSR count). The zero-order valence-electron chi connectivity index (χ0n) is 12.9. The van der Waals surface area contributed by atoms with Gasteiger partial charge in [-0.1, -0.05) is 12.8 Å². The molecule has 5 heteroatoms. The van der Waals surface area contributed by atoms with Crippen molar-refractivity contribution >= 4 is 29.9 Å². The fourth-order valence-corrected chi connectivity index (χ4v) is 3.01. The Bertz CT molecular complexity index is 299. The Labute approximate surface area is 140 Å². The van der Waals surface area contributed by atoms with E-state index < -0.39 is 0 Å². The summed E-state index contributed by atoms with van der Waals surface area (Å²) in [5, 5.41) is 6.96. The number of guanidine groups is 1. The van der Waals surface area contributed by atoms with E-state index in [2.05, 4.69) is 15.6 Å². The van der Waals surface area contributed by atoms with Crippen LogP contribution in [-0.2, 0) is 4.74 Å². The van der Waals surface area contributed by atoms with Gasteiger partial charge in [-0.05, 0) is 43.4 Å². The molecule has 2 fully saturated rings. The number of nitrogens with zero attached hydrogens (tertiary/aromatic N) is 1. The normalized spacial score (nSPS) is 21.4. The fraction of sp³-hybridized carbons (Fsp3) is 0.933. The molecule has 0 aliphatic heterocycles. The summed E-state index contributed by atoms with van der Waals surface area (Å²) in [6, 6.07) is 0. The third-order valence-electron chi connectivity index (χ3n) is 4.61. The second-order valence-electron chi connectivity index (χ2n) is 6.20. The van der Waals surface area contributed by atoms with Crippen molar-refractivity contribution in [3.63, 3.8) is 0 Å². The summed E-state index contributed by atoms with van der Waals surface area (Å²) in [5.74, 6) is 1.85. The molecule has 0 aromatic rings. The molecule has 0 amide bonds. The Morgan fingerprint density at radius 2 is 1.95 bits per heavy atom. The van der Waals surface area contributed by atoms with Crippen LogP contribution < -0.4 is 10.6 Å². The first-order valence-electron chi connectivity index (χ1n) is 7.71. The average Bonchev–Trinajstić information content (AvgIpc) is 3.15. The summed E-state index contributed by atoms with van der Waals surface area (Å²) in [4.78, 5) is 4.32. The van der Waals surface area contributed by atoms with Gasteiger partial charge in [-0.15, -0.1) is 24.0 Å². The molecule has 2 aliphatic rings. The average molecular weight is 395 g/mol. The van der Waals surface area contributed by atoms with Gasteiger partial charge in [0, 0.05) is 33.9 Å². The van der Waals surface area contributed by atoms with Crippen LogP contribution in [0.1, 0.15) is 44.9 Å². The third kappa shape index (κ3) is 5.76. The lowest BCUT2D eigenvalue weighted by Crippen LogP contribution is -2.43. The summed E-state index contributed by atoms with van der Waals surface area (Å²) in [6.45, 7) is 2.97. The van der Waals surface area contributed by atoms with E-state index in [-0.39, 0.29) is 24.0 Å². The molecule has 0 atom stereocenters. The SMILES string of the molecule is CN=C(NCC1CC1)NCC1(CCOC)CCCC1.I. The standard InChI is InChI=1S/C15H29N3O.HI/c1-16-14(17-11-13-5-6-13)18-12-15(9-10-19-2)7-3-4-8-15;/h13H,3-12H2,1-2H3,(H2,16,17,18);1H. The minimum atomic E-state index is 0. The van der Waals surface area contributed by atoms with Gasteiger partial charge in [-0.2, -0.15) is 0 Å². The molecular weight excluding hydrogens is 365 g/mol. The van der Waals surface area contributed by atoms with Crippen LogP contribution in [0.5, 0.6) is 0 Å². The molecular formula is C15H30IN3O. The molecule has 0 radical (unpaired) electrons. The summed E-state index contributed by atoms with van der Waals surface area (Å²) in [6.07, 6.45) is 9.28. The summed E-state index contributed by atoms with van der Waals surface area (Å²) >= 11 is 0. The van der Waals surface area contributed by atoms with Crippen molar-refractivity contribution in [2.24, 2.45) is 16.3 Å². The number of aliphatic imine (C=N–C) groups is 1. The molecule has 2 aliphatic carbocycles. The van der Waals surface area contributed by atoms with Gasteiger partial charge in [0.2, 0.25) is 0 Å². The number of halogens is 1. The first-order chi connectivity index (χ1) is 9.28. The monoisotopic (exact) mass is 395 g/mol. The first-order valence-corrected chi connectivity index (χ1v) is 7.71. The molecule has 0 spiro atoms. The van der Waals surface area contributed by atoms with E-state index in [0.29, 0.717) is 5.41 Å². The number of hydrogen-bond donors (Lipinski definition) is 2. The Balaban J connectivity index is 0.00000200. The molecule has 118 valence electrons. The third-order valence-corrected chi connectivity index (χ3v) is 4.61. The van der Waals surface area contributed by atoms with Crippen LogP contribution >= 0.6 is 24.0 Å². The van der Waals surface area contributed by atoms with Crippen molar-refractivity contribution in [1.82, 2.24) is 10.6 Å². The van der Waals surface area contributed by atoms with E-state index in [4.69, 9.17) is 4.74 Å². The van der Waals surface area contributed by atoms with Crippen molar-refractivity contribution in [1.29, 1.82) is 0 Å². The van der Waals surface area contributed by atoms with Gasteiger partial charge in [-0.3, -0.25) is 4.99 Å². The fourth-order valence-electron chi connectivity index (χ4n) is 3.01. The van der Waals surface area contributed by atoms with E-state index in [1.165, 1.54) is 38.5 Å². The molecule has 0 aromatic heterocycles. The van der Waals surface area contributed by atoms with Crippen LogP contribution in [0.25, 0.3) is 0 Å². The minimum Gasteiger partial charge on any atom is -0.385 e. The minimum absolute atomic E-state index is 0. The van der Waals surface area contributed by atoms with Crippen molar-refractivity contribution in [2.75, 3.05) is 33.9 Å². The van der Waals surface area contributed by atoms with E-state index in [0.717, 1.165) is 38.0 Å². The van der Waals surface area contributed by atoms with Crippen LogP contribution in [0.3, 0.4) is 0 Å². The number of methoxy groups -OCH3 is 1. The highest BCUT2D eigenvalue weighted by atomic mass is 127. The zero-order valence-corrected chi connectivity index (χ0v) is 15.2. The lowest BCUT2D eigenvalue weighted by atomic mass is 9.83. The van der Waals surface area contributed by atoms with Crippen molar-refractivity contribution in [3.05, 3.63) is 0 Å². The summed E-state index contributed by atoms with van der Waals surface area (Å²) in [7, 11) is 3.66. The largest absolute Gasteiger partial charge is 0.385 e. The highest BCUT2D eigenvalue weighted by Gasteiger charge is 2.33. The van der Waals surface area contributed by atoms with Gasteiger partial charge < -0.3 is 15.4 Å². The van der Waals surface area contributed by atoms with Crippen LogP contribution in [0.4, 0.5) is 0 Å². The van der Waals surface area contributed by atoms with E-state index in [9.17, 15) is 0 Å². The zero-order chi connectivity index (χ0) is 13.6. The van der Waals surface area contributed by atoms with Gasteiger partial charge in [0.25, 0.3) is 0 Å². The summed E-state index contributed by atoms with van der Waals surface area (Å²) < 4.78 is 5.28. The molecule has 2 saturated carbocycles. The lowest BCUT2D eigenvalue weighted by Gasteiger charge is -2.30. The van der Waals surface area contributed by atoms with Crippen molar-refractivity contribution in [3.8, 4) is 0 Å². The van der Waals surface area contributed by atoms with Crippen LogP contribution in [0.2, 0.25) is 0 Å². The maximum Gasteiger partial charge on any atom is 0.191 e. The van der Waals surface area contributed by atoms with Gasteiger partial charge in [0.05, 0.1) is 0 Å². The van der Waals surface area contributed by atoms with Crippen LogP contribution in [-0.4, -0.2) is 39.8 Å². The molecule has 0 saturated heterocycles. The highest BCUT2D eigenvalue weighted by Crippen LogP contribution is 2.40. The van der Waals surface area contributed by atoms with E-state index in [1.807, 2.05) is 7.05 Å². The predicted molar refractivity (Wildman–Crippen MR) is 94.9 cm³/mol. The molecule has 0 heterocycles. The second-order valence-corrected chi connectivity index (χ2v) is 6.20.